The van der Waals surface area contributed by atoms with Crippen LogP contribution < -0.4 is 0 Å². The quantitative estimate of drug-likeness (QED) is 0.546. The summed E-state index contributed by atoms with van der Waals surface area (Å²) >= 11 is 0. The Balaban J connectivity index is 2.06. The van der Waals surface area contributed by atoms with Gasteiger partial charge in [0.1, 0.15) is 5.92 Å². The van der Waals surface area contributed by atoms with Crippen molar-refractivity contribution < 1.29 is 14.3 Å². The van der Waals surface area contributed by atoms with E-state index < -0.39 is 12.0 Å². The molecule has 27 heavy (non-hydrogen) atoms. The molecule has 1 amide bonds. The summed E-state index contributed by atoms with van der Waals surface area (Å²) in [5.41, 5.74) is 2.01. The highest BCUT2D eigenvalue weighted by molar-refractivity contribution is 6.00. The second-order valence-corrected chi connectivity index (χ2v) is 6.85. The molecule has 0 saturated carbocycles. The predicted octanol–water partition coefficient (Wildman–Crippen LogP) is 4.12. The summed E-state index contributed by atoms with van der Waals surface area (Å²) < 4.78 is 5.12. The van der Waals surface area contributed by atoms with Crippen LogP contribution in [0.4, 0.5) is 0 Å². The number of methoxy groups -OCH3 is 1. The number of amides is 1. The number of pyridine rings is 1. The van der Waals surface area contributed by atoms with Gasteiger partial charge in [-0.25, -0.2) is 0 Å². The maximum atomic E-state index is 13.3. The van der Waals surface area contributed by atoms with Crippen LogP contribution in [0.25, 0.3) is 0 Å². The van der Waals surface area contributed by atoms with Crippen LogP contribution in [0.1, 0.15) is 66.2 Å². The Bertz CT molecular complexity index is 791. The Labute approximate surface area is 160 Å². The lowest BCUT2D eigenvalue weighted by molar-refractivity contribution is -0.144. The number of nitrogens with zero attached hydrogens (tertiary/aromatic N) is 2. The molecule has 0 saturated heterocycles. The first-order valence-electron chi connectivity index (χ1n) is 9.57. The summed E-state index contributed by atoms with van der Waals surface area (Å²) in [7, 11) is 1.39. The van der Waals surface area contributed by atoms with Crippen molar-refractivity contribution in [3.8, 4) is 0 Å². The minimum absolute atomic E-state index is 0.0436. The standard InChI is InChI=1S/C22H26N2O3/c1-3-4-5-10-15-24-20(18-13-8-9-14-23-18)19(22(26)27-2)16-11-6-7-12-17(16)21(24)25/h6-9,11-14,19-20H,3-5,10,15H2,1-2H3/t19-,20+/m0/s1. The molecule has 0 N–H and O–H groups in total. The summed E-state index contributed by atoms with van der Waals surface area (Å²) in [4.78, 5) is 32.3. The first-order valence-corrected chi connectivity index (χ1v) is 9.57. The van der Waals surface area contributed by atoms with E-state index in [2.05, 4.69) is 11.9 Å². The van der Waals surface area contributed by atoms with Crippen molar-refractivity contribution >= 4 is 11.9 Å². The van der Waals surface area contributed by atoms with E-state index in [0.717, 1.165) is 31.2 Å². The lowest BCUT2D eigenvalue weighted by Crippen LogP contribution is -2.45. The van der Waals surface area contributed by atoms with Gasteiger partial charge in [0.05, 0.1) is 18.8 Å². The first kappa shape index (κ1) is 19.1. The summed E-state index contributed by atoms with van der Waals surface area (Å²) in [5, 5.41) is 0. The highest BCUT2D eigenvalue weighted by atomic mass is 16.5. The molecule has 142 valence electrons. The monoisotopic (exact) mass is 366 g/mol. The molecule has 5 nitrogen and oxygen atoms in total. The van der Waals surface area contributed by atoms with Gasteiger partial charge in [-0.05, 0) is 30.2 Å². The van der Waals surface area contributed by atoms with Crippen LogP contribution in [-0.4, -0.2) is 35.4 Å². The SMILES string of the molecule is CCCCCCN1C(=O)c2ccccc2[C@H](C(=O)OC)[C@H]1c1ccccn1. The van der Waals surface area contributed by atoms with E-state index in [1.807, 2.05) is 41.3 Å². The maximum Gasteiger partial charge on any atom is 0.315 e. The molecule has 2 aromatic rings. The number of carbonyl (C=O) groups is 2. The number of ether oxygens (including phenoxy) is 1. The molecule has 0 radical (unpaired) electrons. The smallest absolute Gasteiger partial charge is 0.315 e. The second-order valence-electron chi connectivity index (χ2n) is 6.85. The van der Waals surface area contributed by atoms with Gasteiger partial charge >= 0.3 is 5.97 Å². The number of hydrogen-bond donors (Lipinski definition) is 0. The molecular weight excluding hydrogens is 340 g/mol. The van der Waals surface area contributed by atoms with Crippen molar-refractivity contribution in [2.45, 2.75) is 44.6 Å². The molecule has 0 fully saturated rings. The van der Waals surface area contributed by atoms with Gasteiger partial charge in [-0.1, -0.05) is 50.5 Å². The zero-order chi connectivity index (χ0) is 19.2. The number of fused-ring (bicyclic) bond motifs is 1. The van der Waals surface area contributed by atoms with Crippen molar-refractivity contribution in [2.24, 2.45) is 0 Å². The number of rotatable bonds is 7. The van der Waals surface area contributed by atoms with Crippen molar-refractivity contribution in [1.82, 2.24) is 9.88 Å². The van der Waals surface area contributed by atoms with E-state index in [1.165, 1.54) is 7.11 Å². The summed E-state index contributed by atoms with van der Waals surface area (Å²) in [6.45, 7) is 2.76. The molecule has 2 atom stereocenters. The maximum absolute atomic E-state index is 13.3. The Morgan fingerprint density at radius 1 is 1.11 bits per heavy atom. The average Bonchev–Trinajstić information content (AvgIpc) is 2.72. The van der Waals surface area contributed by atoms with Crippen LogP contribution >= 0.6 is 0 Å². The number of esters is 1. The molecule has 3 rings (SSSR count). The van der Waals surface area contributed by atoms with E-state index >= 15 is 0 Å². The number of benzene rings is 1. The number of unbranched alkanes of at least 4 members (excludes halogenated alkanes) is 3. The van der Waals surface area contributed by atoms with Gasteiger partial charge in [-0.2, -0.15) is 0 Å². The van der Waals surface area contributed by atoms with E-state index in [1.54, 1.807) is 12.3 Å². The zero-order valence-electron chi connectivity index (χ0n) is 15.9. The first-order chi connectivity index (χ1) is 13.2. The molecule has 1 aliphatic heterocycles. The van der Waals surface area contributed by atoms with Crippen LogP contribution in [0.5, 0.6) is 0 Å². The highest BCUT2D eigenvalue weighted by Gasteiger charge is 2.45. The van der Waals surface area contributed by atoms with Crippen molar-refractivity contribution in [3.05, 3.63) is 65.5 Å². The molecule has 1 aromatic heterocycles. The van der Waals surface area contributed by atoms with E-state index in [9.17, 15) is 9.59 Å². The second kappa shape index (κ2) is 8.80. The Kier molecular flexibility index (Phi) is 6.22. The average molecular weight is 366 g/mol. The van der Waals surface area contributed by atoms with E-state index in [0.29, 0.717) is 17.8 Å². The number of aromatic nitrogens is 1. The fourth-order valence-electron chi connectivity index (χ4n) is 3.81. The van der Waals surface area contributed by atoms with E-state index in [-0.39, 0.29) is 11.9 Å². The van der Waals surface area contributed by atoms with Crippen molar-refractivity contribution in [3.63, 3.8) is 0 Å². The summed E-state index contributed by atoms with van der Waals surface area (Å²) in [5.74, 6) is -0.966. The molecule has 1 aromatic carbocycles. The molecule has 1 aliphatic rings. The Morgan fingerprint density at radius 2 is 1.89 bits per heavy atom. The van der Waals surface area contributed by atoms with Gasteiger partial charge in [0.25, 0.3) is 5.91 Å². The minimum atomic E-state index is -0.579. The lowest BCUT2D eigenvalue weighted by atomic mass is 9.81. The fourth-order valence-corrected chi connectivity index (χ4v) is 3.81. The number of hydrogen-bond acceptors (Lipinski definition) is 4. The molecule has 5 heteroatoms. The summed E-state index contributed by atoms with van der Waals surface area (Å²) in [6.07, 6.45) is 5.92. The third-order valence-electron chi connectivity index (χ3n) is 5.14. The minimum Gasteiger partial charge on any atom is -0.468 e. The predicted molar refractivity (Wildman–Crippen MR) is 103 cm³/mol. The van der Waals surface area contributed by atoms with Gasteiger partial charge < -0.3 is 9.64 Å². The van der Waals surface area contributed by atoms with Crippen LogP contribution in [0, 0.1) is 0 Å². The topological polar surface area (TPSA) is 59.5 Å². The molecule has 0 aliphatic carbocycles. The molecule has 2 heterocycles. The van der Waals surface area contributed by atoms with Gasteiger partial charge in [-0.3, -0.25) is 14.6 Å². The Morgan fingerprint density at radius 3 is 2.59 bits per heavy atom. The van der Waals surface area contributed by atoms with Crippen LogP contribution in [0.15, 0.2) is 48.7 Å². The molecular formula is C22H26N2O3. The normalized spacial score (nSPS) is 18.9. The Hall–Kier alpha value is -2.69. The van der Waals surface area contributed by atoms with Crippen LogP contribution in [0.3, 0.4) is 0 Å². The molecule has 0 spiro atoms. The largest absolute Gasteiger partial charge is 0.468 e. The van der Waals surface area contributed by atoms with Crippen molar-refractivity contribution in [2.75, 3.05) is 13.7 Å². The molecule has 0 unspecified atom stereocenters. The third kappa shape index (κ3) is 3.87. The lowest BCUT2D eigenvalue weighted by Gasteiger charge is -2.40. The number of carbonyl (C=O) groups excluding carboxylic acids is 2. The fraction of sp³-hybridized carbons (Fsp3) is 0.409. The highest BCUT2D eigenvalue weighted by Crippen LogP contribution is 2.42. The third-order valence-corrected chi connectivity index (χ3v) is 5.14. The van der Waals surface area contributed by atoms with Gasteiger partial charge in [0, 0.05) is 18.3 Å². The van der Waals surface area contributed by atoms with Gasteiger partial charge in [-0.15, -0.1) is 0 Å². The van der Waals surface area contributed by atoms with Crippen LogP contribution in [-0.2, 0) is 9.53 Å². The van der Waals surface area contributed by atoms with Crippen LogP contribution in [0.2, 0.25) is 0 Å². The van der Waals surface area contributed by atoms with Crippen molar-refractivity contribution in [1.29, 1.82) is 0 Å². The zero-order valence-corrected chi connectivity index (χ0v) is 15.9. The molecule has 0 bridgehead atoms. The summed E-state index contributed by atoms with van der Waals surface area (Å²) in [6, 6.07) is 12.5. The van der Waals surface area contributed by atoms with Gasteiger partial charge in [0.2, 0.25) is 0 Å². The van der Waals surface area contributed by atoms with Gasteiger partial charge in [0.15, 0.2) is 0 Å². The van der Waals surface area contributed by atoms with E-state index in [4.69, 9.17) is 4.74 Å².